The zero-order chi connectivity index (χ0) is 13.9. The number of carboxylic acids is 1. The molecule has 0 fully saturated rings. The third-order valence-corrected chi connectivity index (χ3v) is 2.13. The van der Waals surface area contributed by atoms with Gasteiger partial charge in [0.1, 0.15) is 11.6 Å². The molecule has 1 N–H and O–H groups in total. The number of aliphatic carboxylic acids is 1. The number of hydrogen-bond donors (Lipinski definition) is 1. The van der Waals surface area contributed by atoms with Crippen molar-refractivity contribution in [2.24, 2.45) is 0 Å². The first kappa shape index (κ1) is 14.0. The molecule has 0 bridgehead atoms. The summed E-state index contributed by atoms with van der Waals surface area (Å²) in [5.74, 6) is -4.00. The Morgan fingerprint density at radius 2 is 1.78 bits per heavy atom. The van der Waals surface area contributed by atoms with E-state index in [-0.39, 0.29) is 5.69 Å². The van der Waals surface area contributed by atoms with Gasteiger partial charge in [-0.15, -0.1) is 0 Å². The van der Waals surface area contributed by atoms with Crippen molar-refractivity contribution in [1.29, 1.82) is 0 Å². The molecule has 5 nitrogen and oxygen atoms in total. The number of halogens is 2. The van der Waals surface area contributed by atoms with Crippen LogP contribution in [0.1, 0.15) is 6.92 Å². The molecule has 1 amide bonds. The maximum Gasteiger partial charge on any atom is 0.354 e. The fourth-order valence-electron chi connectivity index (χ4n) is 1.48. The number of carbonyl (C=O) groups excluding carboxylic acids is 1. The van der Waals surface area contributed by atoms with Crippen molar-refractivity contribution in [3.05, 3.63) is 29.8 Å². The van der Waals surface area contributed by atoms with Crippen LogP contribution in [0.3, 0.4) is 0 Å². The van der Waals surface area contributed by atoms with E-state index >= 15 is 0 Å². The van der Waals surface area contributed by atoms with E-state index in [1.54, 1.807) is 0 Å². The summed E-state index contributed by atoms with van der Waals surface area (Å²) < 4.78 is 30.7. The molecule has 1 aromatic rings. The summed E-state index contributed by atoms with van der Waals surface area (Å²) in [4.78, 5) is 23.0. The number of benzene rings is 1. The summed E-state index contributed by atoms with van der Waals surface area (Å²) in [6.07, 6.45) is -1.65. The predicted octanol–water partition coefficient (Wildman–Crippen LogP) is 1.37. The van der Waals surface area contributed by atoms with Crippen molar-refractivity contribution in [3.63, 3.8) is 0 Å². The van der Waals surface area contributed by atoms with Crippen LogP contribution in [0.25, 0.3) is 0 Å². The zero-order valence-electron chi connectivity index (χ0n) is 9.68. The smallest absolute Gasteiger partial charge is 0.354 e. The number of carbonyl (C=O) groups is 2. The van der Waals surface area contributed by atoms with E-state index in [2.05, 4.69) is 4.74 Å². The molecule has 1 aromatic carbocycles. The average Bonchev–Trinajstić information content (AvgIpc) is 2.22. The Labute approximate surface area is 102 Å². The Balaban J connectivity index is 3.27. The van der Waals surface area contributed by atoms with Gasteiger partial charge in [0.2, 0.25) is 12.1 Å². The molecule has 1 rings (SSSR count). The first-order chi connectivity index (χ1) is 8.36. The second-order valence-corrected chi connectivity index (χ2v) is 3.44. The lowest BCUT2D eigenvalue weighted by Crippen LogP contribution is -2.45. The van der Waals surface area contributed by atoms with Gasteiger partial charge in [-0.3, -0.25) is 9.69 Å². The van der Waals surface area contributed by atoms with Crippen LogP contribution < -0.4 is 4.90 Å². The molecular weight excluding hydrogens is 248 g/mol. The second-order valence-electron chi connectivity index (χ2n) is 3.44. The van der Waals surface area contributed by atoms with Gasteiger partial charge in [-0.05, 0) is 12.1 Å². The molecule has 0 saturated heterocycles. The van der Waals surface area contributed by atoms with Crippen LogP contribution in [-0.2, 0) is 14.3 Å². The normalized spacial score (nSPS) is 12.0. The van der Waals surface area contributed by atoms with Crippen LogP contribution in [0, 0.1) is 11.6 Å². The van der Waals surface area contributed by atoms with Gasteiger partial charge in [-0.25, -0.2) is 13.6 Å². The molecule has 0 aliphatic rings. The van der Waals surface area contributed by atoms with E-state index in [0.717, 1.165) is 26.2 Å². The Morgan fingerprint density at radius 3 is 2.11 bits per heavy atom. The molecule has 0 aromatic heterocycles. The van der Waals surface area contributed by atoms with Gasteiger partial charge < -0.3 is 9.84 Å². The van der Waals surface area contributed by atoms with Crippen molar-refractivity contribution < 1.29 is 28.2 Å². The molecule has 0 aliphatic carbocycles. The monoisotopic (exact) mass is 259 g/mol. The molecule has 0 saturated carbocycles. The molecule has 0 aliphatic heterocycles. The highest BCUT2D eigenvalue weighted by atomic mass is 19.1. The number of anilines is 1. The number of ether oxygens (including phenoxy) is 1. The van der Waals surface area contributed by atoms with Gasteiger partial charge in [0.05, 0.1) is 5.69 Å². The molecule has 18 heavy (non-hydrogen) atoms. The fourth-order valence-corrected chi connectivity index (χ4v) is 1.48. The van der Waals surface area contributed by atoms with E-state index in [9.17, 15) is 18.4 Å². The summed E-state index contributed by atoms with van der Waals surface area (Å²) >= 11 is 0. The van der Waals surface area contributed by atoms with Crippen molar-refractivity contribution in [3.8, 4) is 0 Å². The van der Waals surface area contributed by atoms with Crippen molar-refractivity contribution in [1.82, 2.24) is 0 Å². The number of carboxylic acid groups (broad SMARTS) is 1. The Kier molecular flexibility index (Phi) is 4.33. The third kappa shape index (κ3) is 3.01. The topological polar surface area (TPSA) is 66.8 Å². The number of methoxy groups -OCH3 is 1. The Bertz CT molecular complexity index is 458. The number of rotatable bonds is 4. The lowest BCUT2D eigenvalue weighted by molar-refractivity contribution is -0.150. The van der Waals surface area contributed by atoms with Crippen molar-refractivity contribution in [2.45, 2.75) is 13.2 Å². The van der Waals surface area contributed by atoms with Gasteiger partial charge >= 0.3 is 5.97 Å². The molecule has 0 radical (unpaired) electrons. The first-order valence-electron chi connectivity index (χ1n) is 4.88. The standard InChI is InChI=1S/C11H11F2NO4/c1-6(15)14(10(18-2)11(16)17)9-4-7(12)3-8(13)5-9/h3-5,10H,1-2H3,(H,16,17). The molecule has 0 heterocycles. The highest BCUT2D eigenvalue weighted by molar-refractivity contribution is 5.97. The summed E-state index contributed by atoms with van der Waals surface area (Å²) in [7, 11) is 1.07. The van der Waals surface area contributed by atoms with E-state index in [1.807, 2.05) is 0 Å². The number of nitrogens with zero attached hydrogens (tertiary/aromatic N) is 1. The van der Waals surface area contributed by atoms with Crippen molar-refractivity contribution >= 4 is 17.6 Å². The van der Waals surface area contributed by atoms with Gasteiger partial charge in [0, 0.05) is 20.1 Å². The quantitative estimate of drug-likeness (QED) is 0.829. The molecule has 1 atom stereocenters. The Hall–Kier alpha value is -2.02. The lowest BCUT2D eigenvalue weighted by Gasteiger charge is -2.26. The third-order valence-electron chi connectivity index (χ3n) is 2.13. The number of hydrogen-bond acceptors (Lipinski definition) is 3. The maximum atomic E-state index is 13.1. The second kappa shape index (κ2) is 5.54. The van der Waals surface area contributed by atoms with Crippen LogP contribution in [0.2, 0.25) is 0 Å². The molecule has 7 heteroatoms. The minimum Gasteiger partial charge on any atom is -0.478 e. The van der Waals surface area contributed by atoms with Crippen LogP contribution in [0.4, 0.5) is 14.5 Å². The van der Waals surface area contributed by atoms with E-state index in [1.165, 1.54) is 0 Å². The first-order valence-corrected chi connectivity index (χ1v) is 4.88. The van der Waals surface area contributed by atoms with E-state index < -0.39 is 29.7 Å². The fraction of sp³-hybridized carbons (Fsp3) is 0.273. The SMILES string of the molecule is COC(C(=O)O)N(C(C)=O)c1cc(F)cc(F)c1. The van der Waals surface area contributed by atoms with Crippen LogP contribution in [-0.4, -0.2) is 30.3 Å². The van der Waals surface area contributed by atoms with Gasteiger partial charge in [-0.1, -0.05) is 0 Å². The highest BCUT2D eigenvalue weighted by Gasteiger charge is 2.29. The zero-order valence-corrected chi connectivity index (χ0v) is 9.68. The summed E-state index contributed by atoms with van der Waals surface area (Å²) in [6.45, 7) is 1.07. The summed E-state index contributed by atoms with van der Waals surface area (Å²) in [6, 6.07) is 2.31. The molecular formula is C11H11F2NO4. The number of amides is 1. The maximum absolute atomic E-state index is 13.1. The van der Waals surface area contributed by atoms with Gasteiger partial charge in [0.15, 0.2) is 0 Å². The lowest BCUT2D eigenvalue weighted by atomic mass is 10.2. The summed E-state index contributed by atoms with van der Waals surface area (Å²) in [5.41, 5.74) is -0.228. The average molecular weight is 259 g/mol. The van der Waals surface area contributed by atoms with Gasteiger partial charge in [0.25, 0.3) is 0 Å². The molecule has 98 valence electrons. The molecule has 1 unspecified atom stereocenters. The predicted molar refractivity (Wildman–Crippen MR) is 58.0 cm³/mol. The highest BCUT2D eigenvalue weighted by Crippen LogP contribution is 2.21. The van der Waals surface area contributed by atoms with Crippen LogP contribution in [0.5, 0.6) is 0 Å². The van der Waals surface area contributed by atoms with E-state index in [4.69, 9.17) is 5.11 Å². The van der Waals surface area contributed by atoms with Crippen molar-refractivity contribution in [2.75, 3.05) is 12.0 Å². The minimum absolute atomic E-state index is 0.228. The molecule has 0 spiro atoms. The Morgan fingerprint density at radius 1 is 1.28 bits per heavy atom. The van der Waals surface area contributed by atoms with Crippen LogP contribution >= 0.6 is 0 Å². The minimum atomic E-state index is -1.65. The van der Waals surface area contributed by atoms with E-state index in [0.29, 0.717) is 11.0 Å². The largest absolute Gasteiger partial charge is 0.478 e. The van der Waals surface area contributed by atoms with Gasteiger partial charge in [-0.2, -0.15) is 0 Å². The summed E-state index contributed by atoms with van der Waals surface area (Å²) in [5, 5.41) is 8.89. The van der Waals surface area contributed by atoms with Crippen LogP contribution in [0.15, 0.2) is 18.2 Å².